The number of benzene rings is 2. The van der Waals surface area contributed by atoms with Crippen LogP contribution in [-0.2, 0) is 12.8 Å². The minimum atomic E-state index is -0.455. The van der Waals surface area contributed by atoms with Crippen molar-refractivity contribution in [2.75, 3.05) is 0 Å². The topological polar surface area (TPSA) is 38.0 Å². The predicted molar refractivity (Wildman–Crippen MR) is 83.3 cm³/mol. The van der Waals surface area contributed by atoms with E-state index in [0.29, 0.717) is 0 Å². The number of aryl methyl sites for hydroxylation is 1. The SMILES string of the molecule is CCc1nc2ccccc2n1C1Cc2ccccc2C1O. The lowest BCUT2D eigenvalue weighted by atomic mass is 10.1. The van der Waals surface area contributed by atoms with Crippen molar-refractivity contribution in [1.82, 2.24) is 9.55 Å². The second kappa shape index (κ2) is 4.71. The largest absolute Gasteiger partial charge is 0.386 e. The fraction of sp³-hybridized carbons (Fsp3) is 0.278. The molecule has 0 saturated heterocycles. The molecule has 0 saturated carbocycles. The summed E-state index contributed by atoms with van der Waals surface area (Å²) in [6.45, 7) is 2.12. The summed E-state index contributed by atoms with van der Waals surface area (Å²) in [5, 5.41) is 10.7. The van der Waals surface area contributed by atoms with Crippen LogP contribution in [0.4, 0.5) is 0 Å². The zero-order chi connectivity index (χ0) is 14.4. The normalized spacial score (nSPS) is 20.9. The number of aromatic nitrogens is 2. The molecule has 2 atom stereocenters. The molecule has 1 aliphatic rings. The second-order valence-corrected chi connectivity index (χ2v) is 5.66. The number of aliphatic hydroxyl groups excluding tert-OH is 1. The van der Waals surface area contributed by atoms with Gasteiger partial charge in [0.05, 0.1) is 17.1 Å². The number of nitrogens with zero attached hydrogens (tertiary/aromatic N) is 2. The Bertz CT molecular complexity index is 806. The molecule has 1 heterocycles. The maximum atomic E-state index is 10.7. The number of hydrogen-bond acceptors (Lipinski definition) is 2. The van der Waals surface area contributed by atoms with Gasteiger partial charge in [0, 0.05) is 6.42 Å². The highest BCUT2D eigenvalue weighted by atomic mass is 16.3. The molecule has 0 fully saturated rings. The molecular formula is C18H18N2O. The van der Waals surface area contributed by atoms with Gasteiger partial charge in [-0.1, -0.05) is 43.3 Å². The fourth-order valence-electron chi connectivity index (χ4n) is 3.50. The van der Waals surface area contributed by atoms with Crippen molar-refractivity contribution in [3.05, 3.63) is 65.5 Å². The van der Waals surface area contributed by atoms with Crippen molar-refractivity contribution in [3.63, 3.8) is 0 Å². The van der Waals surface area contributed by atoms with Crippen LogP contribution < -0.4 is 0 Å². The Labute approximate surface area is 123 Å². The molecule has 0 radical (unpaired) electrons. The fourth-order valence-corrected chi connectivity index (χ4v) is 3.50. The van der Waals surface area contributed by atoms with Gasteiger partial charge < -0.3 is 9.67 Å². The molecule has 0 spiro atoms. The molecule has 106 valence electrons. The number of imidazole rings is 1. The van der Waals surface area contributed by atoms with Crippen LogP contribution in [0, 0.1) is 0 Å². The van der Waals surface area contributed by atoms with E-state index in [1.165, 1.54) is 5.56 Å². The van der Waals surface area contributed by atoms with Crippen molar-refractivity contribution in [3.8, 4) is 0 Å². The zero-order valence-electron chi connectivity index (χ0n) is 12.0. The summed E-state index contributed by atoms with van der Waals surface area (Å²) in [6.07, 6.45) is 1.28. The maximum Gasteiger partial charge on any atom is 0.109 e. The number of rotatable bonds is 2. The van der Waals surface area contributed by atoms with Gasteiger partial charge in [0.2, 0.25) is 0 Å². The zero-order valence-corrected chi connectivity index (χ0v) is 12.0. The van der Waals surface area contributed by atoms with E-state index in [9.17, 15) is 5.11 Å². The van der Waals surface area contributed by atoms with Crippen LogP contribution >= 0.6 is 0 Å². The first-order valence-electron chi connectivity index (χ1n) is 7.51. The number of fused-ring (bicyclic) bond motifs is 2. The standard InChI is InChI=1S/C18H18N2O/c1-2-17-19-14-9-5-6-10-15(14)20(17)16-11-12-7-3-4-8-13(12)18(16)21/h3-10,16,18,21H,2,11H2,1H3. The first-order valence-corrected chi connectivity index (χ1v) is 7.51. The predicted octanol–water partition coefficient (Wildman–Crippen LogP) is 3.43. The third-order valence-electron chi connectivity index (χ3n) is 4.48. The Morgan fingerprint density at radius 3 is 2.71 bits per heavy atom. The van der Waals surface area contributed by atoms with E-state index in [2.05, 4.69) is 23.6 Å². The lowest BCUT2D eigenvalue weighted by Crippen LogP contribution is -2.16. The molecule has 3 nitrogen and oxygen atoms in total. The Morgan fingerprint density at radius 2 is 1.90 bits per heavy atom. The Balaban J connectivity index is 1.88. The number of aliphatic hydroxyl groups is 1. The summed E-state index contributed by atoms with van der Waals surface area (Å²) < 4.78 is 2.24. The van der Waals surface area contributed by atoms with E-state index >= 15 is 0 Å². The molecule has 4 rings (SSSR count). The van der Waals surface area contributed by atoms with Gasteiger partial charge >= 0.3 is 0 Å². The van der Waals surface area contributed by atoms with Crippen LogP contribution in [0.1, 0.15) is 36.0 Å². The molecule has 0 amide bonds. The first-order chi connectivity index (χ1) is 10.3. The Hall–Kier alpha value is -2.13. The van der Waals surface area contributed by atoms with Crippen LogP contribution in [0.15, 0.2) is 48.5 Å². The van der Waals surface area contributed by atoms with Crippen molar-refractivity contribution in [1.29, 1.82) is 0 Å². The summed E-state index contributed by atoms with van der Waals surface area (Å²) in [7, 11) is 0. The molecule has 3 aromatic rings. The van der Waals surface area contributed by atoms with Crippen molar-refractivity contribution in [2.24, 2.45) is 0 Å². The third-order valence-corrected chi connectivity index (χ3v) is 4.48. The van der Waals surface area contributed by atoms with E-state index in [4.69, 9.17) is 4.98 Å². The second-order valence-electron chi connectivity index (χ2n) is 5.66. The molecule has 2 aromatic carbocycles. The van der Waals surface area contributed by atoms with Gasteiger partial charge in [-0.3, -0.25) is 0 Å². The molecule has 1 aliphatic carbocycles. The van der Waals surface area contributed by atoms with Crippen LogP contribution in [-0.4, -0.2) is 14.7 Å². The summed E-state index contributed by atoms with van der Waals surface area (Å²) >= 11 is 0. The highest BCUT2D eigenvalue weighted by Gasteiger charge is 2.33. The average molecular weight is 278 g/mol. The number of hydrogen-bond donors (Lipinski definition) is 1. The van der Waals surface area contributed by atoms with E-state index in [0.717, 1.165) is 35.3 Å². The first kappa shape index (κ1) is 12.6. The van der Waals surface area contributed by atoms with Crippen LogP contribution in [0.3, 0.4) is 0 Å². The maximum absolute atomic E-state index is 10.7. The van der Waals surface area contributed by atoms with Gasteiger partial charge in [-0.2, -0.15) is 0 Å². The van der Waals surface area contributed by atoms with Crippen molar-refractivity contribution in [2.45, 2.75) is 31.9 Å². The minimum Gasteiger partial charge on any atom is -0.386 e. The quantitative estimate of drug-likeness (QED) is 0.780. The van der Waals surface area contributed by atoms with Gasteiger partial charge in [-0.15, -0.1) is 0 Å². The molecule has 0 aliphatic heterocycles. The lowest BCUT2D eigenvalue weighted by molar-refractivity contribution is 0.128. The van der Waals surface area contributed by atoms with E-state index in [-0.39, 0.29) is 6.04 Å². The van der Waals surface area contributed by atoms with Crippen LogP contribution in [0.2, 0.25) is 0 Å². The molecular weight excluding hydrogens is 260 g/mol. The van der Waals surface area contributed by atoms with Crippen molar-refractivity contribution >= 4 is 11.0 Å². The summed E-state index contributed by atoms with van der Waals surface area (Å²) in [6, 6.07) is 16.4. The highest BCUT2D eigenvalue weighted by Crippen LogP contribution is 2.41. The van der Waals surface area contributed by atoms with Gasteiger partial charge in [-0.25, -0.2) is 4.98 Å². The van der Waals surface area contributed by atoms with Crippen LogP contribution in [0.5, 0.6) is 0 Å². The lowest BCUT2D eigenvalue weighted by Gasteiger charge is -2.20. The monoisotopic (exact) mass is 278 g/mol. The van der Waals surface area contributed by atoms with Gasteiger partial charge in [0.15, 0.2) is 0 Å². The highest BCUT2D eigenvalue weighted by molar-refractivity contribution is 5.76. The number of para-hydroxylation sites is 2. The van der Waals surface area contributed by atoms with Gasteiger partial charge in [0.25, 0.3) is 0 Å². The molecule has 1 N–H and O–H groups in total. The molecule has 1 aromatic heterocycles. The summed E-state index contributed by atoms with van der Waals surface area (Å²) in [5.41, 5.74) is 4.43. The third kappa shape index (κ3) is 1.81. The summed E-state index contributed by atoms with van der Waals surface area (Å²) in [4.78, 5) is 4.72. The molecule has 0 bridgehead atoms. The Morgan fingerprint density at radius 1 is 1.14 bits per heavy atom. The summed E-state index contributed by atoms with van der Waals surface area (Å²) in [5.74, 6) is 1.05. The van der Waals surface area contributed by atoms with Gasteiger partial charge in [0.1, 0.15) is 11.9 Å². The Kier molecular flexibility index (Phi) is 2.82. The smallest absolute Gasteiger partial charge is 0.109 e. The molecule has 2 unspecified atom stereocenters. The van der Waals surface area contributed by atoms with E-state index in [1.54, 1.807) is 0 Å². The van der Waals surface area contributed by atoms with Crippen molar-refractivity contribution < 1.29 is 5.11 Å². The van der Waals surface area contributed by atoms with Crippen LogP contribution in [0.25, 0.3) is 11.0 Å². The van der Waals surface area contributed by atoms with E-state index in [1.807, 2.05) is 36.4 Å². The average Bonchev–Trinajstić information content (AvgIpc) is 3.05. The molecule has 3 heteroatoms. The minimum absolute atomic E-state index is 0.0461. The molecule has 21 heavy (non-hydrogen) atoms. The van der Waals surface area contributed by atoms with E-state index < -0.39 is 6.10 Å². The van der Waals surface area contributed by atoms with Gasteiger partial charge in [-0.05, 0) is 29.7 Å².